The van der Waals surface area contributed by atoms with Gasteiger partial charge < -0.3 is 9.15 Å². The zero-order chi connectivity index (χ0) is 18.6. The monoisotopic (exact) mass is 398 g/mol. The molecule has 0 radical (unpaired) electrons. The van der Waals surface area contributed by atoms with Crippen LogP contribution < -0.4 is 4.74 Å². The molecule has 0 aliphatic rings. The van der Waals surface area contributed by atoms with E-state index in [9.17, 15) is 0 Å². The summed E-state index contributed by atoms with van der Waals surface area (Å²) in [6.07, 6.45) is 1.70. The van der Waals surface area contributed by atoms with Crippen molar-refractivity contribution in [3.8, 4) is 28.5 Å². The van der Waals surface area contributed by atoms with Crippen molar-refractivity contribution in [3.63, 3.8) is 0 Å². The number of nitrogens with one attached hydrogen (secondary N) is 1. The highest BCUT2D eigenvalue weighted by Crippen LogP contribution is 2.27. The molecule has 0 atom stereocenters. The number of nitrogens with zero attached hydrogens (tertiary/aromatic N) is 3. The highest BCUT2D eigenvalue weighted by molar-refractivity contribution is 7.98. The van der Waals surface area contributed by atoms with E-state index in [1.165, 1.54) is 11.8 Å². The van der Waals surface area contributed by atoms with Crippen LogP contribution in [0.1, 0.15) is 5.89 Å². The Labute approximate surface area is 165 Å². The van der Waals surface area contributed by atoms with Crippen LogP contribution in [0.3, 0.4) is 0 Å². The summed E-state index contributed by atoms with van der Waals surface area (Å²) in [7, 11) is 1.64. The minimum Gasteiger partial charge on any atom is -0.497 e. The first kappa shape index (κ1) is 17.6. The Hall–Kier alpha value is -2.77. The van der Waals surface area contributed by atoms with Gasteiger partial charge in [0.1, 0.15) is 5.75 Å². The lowest BCUT2D eigenvalue weighted by atomic mass is 10.2. The molecule has 0 spiro atoms. The number of aromatic amines is 1. The van der Waals surface area contributed by atoms with E-state index in [2.05, 4.69) is 20.2 Å². The Morgan fingerprint density at radius 3 is 2.78 bits per heavy atom. The van der Waals surface area contributed by atoms with Gasteiger partial charge in [-0.05, 0) is 36.4 Å². The number of thioether (sulfide) groups is 1. The number of halogens is 1. The van der Waals surface area contributed by atoms with Gasteiger partial charge in [-0.15, -0.1) is 5.10 Å². The molecule has 0 aliphatic carbocycles. The molecule has 0 aliphatic heterocycles. The third-order valence-corrected chi connectivity index (χ3v) is 4.88. The molecule has 2 aromatic carbocycles. The lowest BCUT2D eigenvalue weighted by molar-refractivity contribution is 0.415. The summed E-state index contributed by atoms with van der Waals surface area (Å²) in [6.45, 7) is 0. The zero-order valence-electron chi connectivity index (χ0n) is 14.3. The van der Waals surface area contributed by atoms with Gasteiger partial charge in [0.15, 0.2) is 11.6 Å². The van der Waals surface area contributed by atoms with Crippen molar-refractivity contribution < 1.29 is 9.15 Å². The van der Waals surface area contributed by atoms with Crippen LogP contribution in [0.4, 0.5) is 0 Å². The van der Waals surface area contributed by atoms with Gasteiger partial charge in [0, 0.05) is 16.1 Å². The molecular weight excluding hydrogens is 384 g/mol. The second kappa shape index (κ2) is 7.85. The SMILES string of the molecule is COc1ccc(-c2nc(SCc3ncc(-c4cccc(Cl)c4)o3)n[nH]2)cc1. The third kappa shape index (κ3) is 4.15. The minimum absolute atomic E-state index is 0.528. The molecule has 4 rings (SSSR count). The maximum atomic E-state index is 6.02. The molecule has 6 nitrogen and oxygen atoms in total. The van der Waals surface area contributed by atoms with Crippen molar-refractivity contribution in [1.29, 1.82) is 0 Å². The smallest absolute Gasteiger partial charge is 0.209 e. The van der Waals surface area contributed by atoms with E-state index in [-0.39, 0.29) is 0 Å². The summed E-state index contributed by atoms with van der Waals surface area (Å²) in [6, 6.07) is 15.1. The Balaban J connectivity index is 1.41. The molecule has 136 valence electrons. The minimum atomic E-state index is 0.528. The maximum absolute atomic E-state index is 6.02. The third-order valence-electron chi connectivity index (χ3n) is 3.82. The van der Waals surface area contributed by atoms with Crippen LogP contribution in [0, 0.1) is 0 Å². The molecule has 0 saturated heterocycles. The predicted molar refractivity (Wildman–Crippen MR) is 105 cm³/mol. The van der Waals surface area contributed by atoms with Gasteiger partial charge >= 0.3 is 0 Å². The largest absolute Gasteiger partial charge is 0.497 e. The van der Waals surface area contributed by atoms with Gasteiger partial charge in [0.05, 0.1) is 19.1 Å². The molecule has 0 fully saturated rings. The number of methoxy groups -OCH3 is 1. The molecule has 0 unspecified atom stereocenters. The Kier molecular flexibility index (Phi) is 5.13. The first-order valence-electron chi connectivity index (χ1n) is 8.11. The lowest BCUT2D eigenvalue weighted by Crippen LogP contribution is -1.84. The van der Waals surface area contributed by atoms with E-state index in [4.69, 9.17) is 20.8 Å². The highest BCUT2D eigenvalue weighted by atomic mass is 35.5. The van der Waals surface area contributed by atoms with Crippen molar-refractivity contribution in [2.75, 3.05) is 7.11 Å². The number of H-pyrrole nitrogens is 1. The molecule has 1 N–H and O–H groups in total. The predicted octanol–water partition coefficient (Wildman–Crippen LogP) is 5.08. The van der Waals surface area contributed by atoms with Gasteiger partial charge in [0.2, 0.25) is 11.0 Å². The quantitative estimate of drug-likeness (QED) is 0.456. The van der Waals surface area contributed by atoms with Gasteiger partial charge in [-0.2, -0.15) is 0 Å². The summed E-state index contributed by atoms with van der Waals surface area (Å²) in [5.74, 6) is 3.31. The van der Waals surface area contributed by atoms with Gasteiger partial charge in [-0.1, -0.05) is 35.5 Å². The van der Waals surface area contributed by atoms with E-state index < -0.39 is 0 Å². The summed E-state index contributed by atoms with van der Waals surface area (Å²) in [4.78, 5) is 8.81. The molecule has 0 saturated carbocycles. The summed E-state index contributed by atoms with van der Waals surface area (Å²) < 4.78 is 11.0. The number of oxazole rings is 1. The molecule has 2 heterocycles. The Bertz CT molecular complexity index is 1050. The normalized spacial score (nSPS) is 10.9. The van der Waals surface area contributed by atoms with Crippen molar-refractivity contribution in [2.24, 2.45) is 0 Å². The molecule has 27 heavy (non-hydrogen) atoms. The van der Waals surface area contributed by atoms with Crippen LogP contribution in [0.2, 0.25) is 5.02 Å². The number of hydrogen-bond donors (Lipinski definition) is 1. The van der Waals surface area contributed by atoms with Gasteiger partial charge in [-0.3, -0.25) is 5.10 Å². The molecule has 2 aromatic heterocycles. The van der Waals surface area contributed by atoms with Crippen LogP contribution in [-0.2, 0) is 5.75 Å². The van der Waals surface area contributed by atoms with Crippen molar-refractivity contribution in [1.82, 2.24) is 20.2 Å². The number of hydrogen-bond acceptors (Lipinski definition) is 6. The standard InChI is InChI=1S/C19H15ClN4O2S/c1-25-15-7-5-12(6-8-15)18-22-19(24-23-18)27-11-17-21-10-16(26-17)13-3-2-4-14(20)9-13/h2-10H,11H2,1H3,(H,22,23,24). The first-order valence-corrected chi connectivity index (χ1v) is 9.48. The fourth-order valence-electron chi connectivity index (χ4n) is 2.47. The van der Waals surface area contributed by atoms with E-state index in [0.29, 0.717) is 33.4 Å². The van der Waals surface area contributed by atoms with E-state index in [1.807, 2.05) is 48.5 Å². The summed E-state index contributed by atoms with van der Waals surface area (Å²) >= 11 is 7.47. The molecule has 8 heteroatoms. The van der Waals surface area contributed by atoms with Gasteiger partial charge in [-0.25, -0.2) is 9.97 Å². The topological polar surface area (TPSA) is 76.8 Å². The highest BCUT2D eigenvalue weighted by Gasteiger charge is 2.11. The fraction of sp³-hybridized carbons (Fsp3) is 0.105. The van der Waals surface area contributed by atoms with Crippen LogP contribution in [0.15, 0.2) is 64.3 Å². The van der Waals surface area contributed by atoms with Crippen LogP contribution >= 0.6 is 23.4 Å². The fourth-order valence-corrected chi connectivity index (χ4v) is 3.31. The molecule has 0 bridgehead atoms. The van der Waals surface area contributed by atoms with Crippen LogP contribution in [-0.4, -0.2) is 27.3 Å². The van der Waals surface area contributed by atoms with Gasteiger partial charge in [0.25, 0.3) is 0 Å². The Morgan fingerprint density at radius 1 is 1.15 bits per heavy atom. The van der Waals surface area contributed by atoms with Crippen molar-refractivity contribution in [3.05, 3.63) is 65.6 Å². The number of benzene rings is 2. The van der Waals surface area contributed by atoms with Crippen molar-refractivity contribution >= 4 is 23.4 Å². The molecular formula is C19H15ClN4O2S. The van der Waals surface area contributed by atoms with E-state index >= 15 is 0 Å². The van der Waals surface area contributed by atoms with Crippen molar-refractivity contribution in [2.45, 2.75) is 10.9 Å². The van der Waals surface area contributed by atoms with Crippen LogP contribution in [0.5, 0.6) is 5.75 Å². The van der Waals surface area contributed by atoms with Crippen LogP contribution in [0.25, 0.3) is 22.7 Å². The number of aromatic nitrogens is 4. The number of ether oxygens (including phenoxy) is 1. The van der Waals surface area contributed by atoms with E-state index in [1.54, 1.807) is 13.3 Å². The molecule has 4 aromatic rings. The average molecular weight is 399 g/mol. The molecule has 0 amide bonds. The van der Waals surface area contributed by atoms with E-state index in [0.717, 1.165) is 16.9 Å². The summed E-state index contributed by atoms with van der Waals surface area (Å²) in [5.41, 5.74) is 1.83. The number of rotatable bonds is 6. The maximum Gasteiger partial charge on any atom is 0.209 e. The Morgan fingerprint density at radius 2 is 2.00 bits per heavy atom. The second-order valence-electron chi connectivity index (χ2n) is 5.61. The second-order valence-corrected chi connectivity index (χ2v) is 6.99. The lowest BCUT2D eigenvalue weighted by Gasteiger charge is -1.99. The zero-order valence-corrected chi connectivity index (χ0v) is 15.9. The average Bonchev–Trinajstić information content (AvgIpc) is 3.36. The summed E-state index contributed by atoms with van der Waals surface area (Å²) in [5, 5.41) is 8.47. The first-order chi connectivity index (χ1) is 13.2.